The van der Waals surface area contributed by atoms with Gasteiger partial charge in [0.25, 0.3) is 5.91 Å². The Morgan fingerprint density at radius 1 is 1.33 bits per heavy atom. The van der Waals surface area contributed by atoms with Gasteiger partial charge in [0.05, 0.1) is 0 Å². The van der Waals surface area contributed by atoms with Crippen molar-refractivity contribution >= 4 is 11.6 Å². The van der Waals surface area contributed by atoms with Gasteiger partial charge in [0.1, 0.15) is 0 Å². The summed E-state index contributed by atoms with van der Waals surface area (Å²) in [7, 11) is 0. The topological polar surface area (TPSA) is 41.1 Å². The van der Waals surface area contributed by atoms with E-state index in [0.29, 0.717) is 6.04 Å². The van der Waals surface area contributed by atoms with E-state index in [1.165, 1.54) is 0 Å². The Kier molecular flexibility index (Phi) is 3.60. The van der Waals surface area contributed by atoms with Crippen LogP contribution in [0.3, 0.4) is 0 Å². The van der Waals surface area contributed by atoms with Crippen LogP contribution in [0.25, 0.3) is 0 Å². The smallest absolute Gasteiger partial charge is 0.251 e. The standard InChI is InChI=1S/C15H22N2O/c1-15(2,3)10-16-13-6-4-5-11(9-13)14(18)17-12-7-8-12/h4-6,9,12,16H,7-8,10H2,1-3H3,(H,17,18). The van der Waals surface area contributed by atoms with Crippen molar-refractivity contribution in [1.82, 2.24) is 5.32 Å². The Morgan fingerprint density at radius 2 is 2.06 bits per heavy atom. The summed E-state index contributed by atoms with van der Waals surface area (Å²) in [4.78, 5) is 11.9. The van der Waals surface area contributed by atoms with E-state index < -0.39 is 0 Å². The third-order valence-corrected chi connectivity index (χ3v) is 2.86. The number of rotatable bonds is 4. The SMILES string of the molecule is CC(C)(C)CNc1cccc(C(=O)NC2CC2)c1. The van der Waals surface area contributed by atoms with Crippen LogP contribution >= 0.6 is 0 Å². The highest BCUT2D eigenvalue weighted by molar-refractivity contribution is 5.95. The van der Waals surface area contributed by atoms with E-state index in [1.54, 1.807) is 0 Å². The molecule has 1 amide bonds. The van der Waals surface area contributed by atoms with Gasteiger partial charge in [0.15, 0.2) is 0 Å². The molecule has 1 aliphatic carbocycles. The molecule has 1 saturated carbocycles. The maximum atomic E-state index is 11.9. The minimum atomic E-state index is 0.0388. The number of anilines is 1. The molecule has 0 radical (unpaired) electrons. The Bertz CT molecular complexity index is 430. The average Bonchev–Trinajstić information content (AvgIpc) is 3.10. The summed E-state index contributed by atoms with van der Waals surface area (Å²) in [5, 5.41) is 6.37. The summed E-state index contributed by atoms with van der Waals surface area (Å²) in [6.45, 7) is 7.44. The molecule has 98 valence electrons. The minimum Gasteiger partial charge on any atom is -0.385 e. The highest BCUT2D eigenvalue weighted by atomic mass is 16.1. The fourth-order valence-corrected chi connectivity index (χ4v) is 1.63. The van der Waals surface area contributed by atoms with Crippen LogP contribution in [-0.2, 0) is 0 Å². The molecule has 0 saturated heterocycles. The molecule has 18 heavy (non-hydrogen) atoms. The van der Waals surface area contributed by atoms with Crippen LogP contribution in [0.2, 0.25) is 0 Å². The molecule has 1 fully saturated rings. The molecule has 2 rings (SSSR count). The summed E-state index contributed by atoms with van der Waals surface area (Å²) >= 11 is 0. The van der Waals surface area contributed by atoms with E-state index in [-0.39, 0.29) is 11.3 Å². The zero-order chi connectivity index (χ0) is 13.2. The summed E-state index contributed by atoms with van der Waals surface area (Å²) < 4.78 is 0. The number of hydrogen-bond acceptors (Lipinski definition) is 2. The summed E-state index contributed by atoms with van der Waals surface area (Å²) in [6, 6.07) is 8.11. The fraction of sp³-hybridized carbons (Fsp3) is 0.533. The normalized spacial score (nSPS) is 15.3. The van der Waals surface area contributed by atoms with Crippen LogP contribution in [-0.4, -0.2) is 18.5 Å². The Morgan fingerprint density at radius 3 is 2.67 bits per heavy atom. The van der Waals surface area contributed by atoms with Gasteiger partial charge in [0.2, 0.25) is 0 Å². The predicted octanol–water partition coefficient (Wildman–Crippen LogP) is 3.04. The molecule has 0 aromatic heterocycles. The summed E-state index contributed by atoms with van der Waals surface area (Å²) in [5.74, 6) is 0.0388. The molecule has 3 nitrogen and oxygen atoms in total. The third-order valence-electron chi connectivity index (χ3n) is 2.86. The van der Waals surface area contributed by atoms with Gasteiger partial charge in [0, 0.05) is 23.8 Å². The van der Waals surface area contributed by atoms with Gasteiger partial charge in [-0.1, -0.05) is 26.8 Å². The maximum Gasteiger partial charge on any atom is 0.251 e. The number of nitrogens with one attached hydrogen (secondary N) is 2. The van der Waals surface area contributed by atoms with E-state index in [9.17, 15) is 4.79 Å². The molecule has 0 bridgehead atoms. The lowest BCUT2D eigenvalue weighted by Gasteiger charge is -2.19. The van der Waals surface area contributed by atoms with E-state index in [0.717, 1.165) is 30.6 Å². The lowest BCUT2D eigenvalue weighted by molar-refractivity contribution is 0.0951. The van der Waals surface area contributed by atoms with Gasteiger partial charge in [-0.2, -0.15) is 0 Å². The molecular formula is C15H22N2O. The zero-order valence-corrected chi connectivity index (χ0v) is 11.4. The average molecular weight is 246 g/mol. The molecule has 3 heteroatoms. The van der Waals surface area contributed by atoms with Gasteiger partial charge in [-0.15, -0.1) is 0 Å². The van der Waals surface area contributed by atoms with Crippen molar-refractivity contribution in [3.05, 3.63) is 29.8 Å². The molecule has 0 unspecified atom stereocenters. The predicted molar refractivity (Wildman–Crippen MR) is 74.9 cm³/mol. The van der Waals surface area contributed by atoms with E-state index in [2.05, 4.69) is 31.4 Å². The second-order valence-electron chi connectivity index (χ2n) is 6.24. The summed E-state index contributed by atoms with van der Waals surface area (Å²) in [6.07, 6.45) is 2.24. The van der Waals surface area contributed by atoms with Crippen molar-refractivity contribution in [2.24, 2.45) is 5.41 Å². The van der Waals surface area contributed by atoms with Crippen LogP contribution in [0.4, 0.5) is 5.69 Å². The van der Waals surface area contributed by atoms with Crippen LogP contribution in [0.1, 0.15) is 44.0 Å². The van der Waals surface area contributed by atoms with Crippen molar-refractivity contribution in [3.63, 3.8) is 0 Å². The molecule has 2 N–H and O–H groups in total. The fourth-order valence-electron chi connectivity index (χ4n) is 1.63. The molecule has 0 spiro atoms. The van der Waals surface area contributed by atoms with Crippen molar-refractivity contribution in [2.45, 2.75) is 39.7 Å². The van der Waals surface area contributed by atoms with E-state index in [4.69, 9.17) is 0 Å². The quantitative estimate of drug-likeness (QED) is 0.857. The van der Waals surface area contributed by atoms with Gasteiger partial charge in [-0.05, 0) is 36.5 Å². The highest BCUT2D eigenvalue weighted by Crippen LogP contribution is 2.20. The largest absolute Gasteiger partial charge is 0.385 e. The van der Waals surface area contributed by atoms with E-state index >= 15 is 0 Å². The molecule has 1 aromatic carbocycles. The van der Waals surface area contributed by atoms with E-state index in [1.807, 2.05) is 24.3 Å². The number of benzene rings is 1. The van der Waals surface area contributed by atoms with Gasteiger partial charge in [-0.3, -0.25) is 4.79 Å². The first-order valence-corrected chi connectivity index (χ1v) is 6.59. The zero-order valence-electron chi connectivity index (χ0n) is 11.4. The van der Waals surface area contributed by atoms with Crippen molar-refractivity contribution < 1.29 is 4.79 Å². The van der Waals surface area contributed by atoms with Gasteiger partial charge in [-0.25, -0.2) is 0 Å². The van der Waals surface area contributed by atoms with Crippen molar-refractivity contribution in [3.8, 4) is 0 Å². The lowest BCUT2D eigenvalue weighted by Crippen LogP contribution is -2.25. The minimum absolute atomic E-state index is 0.0388. The Labute approximate surface area is 109 Å². The molecule has 1 aromatic rings. The Balaban J connectivity index is 1.97. The highest BCUT2D eigenvalue weighted by Gasteiger charge is 2.23. The number of amides is 1. The van der Waals surface area contributed by atoms with Crippen molar-refractivity contribution in [2.75, 3.05) is 11.9 Å². The van der Waals surface area contributed by atoms with Gasteiger partial charge >= 0.3 is 0 Å². The second kappa shape index (κ2) is 5.01. The number of carbonyl (C=O) groups is 1. The molecule has 0 atom stereocenters. The van der Waals surface area contributed by atoms with Crippen molar-refractivity contribution in [1.29, 1.82) is 0 Å². The Hall–Kier alpha value is -1.51. The van der Waals surface area contributed by atoms with Crippen LogP contribution in [0.5, 0.6) is 0 Å². The molecule has 0 heterocycles. The first-order valence-electron chi connectivity index (χ1n) is 6.59. The van der Waals surface area contributed by atoms with Crippen LogP contribution in [0, 0.1) is 5.41 Å². The van der Waals surface area contributed by atoms with Crippen LogP contribution < -0.4 is 10.6 Å². The molecular weight excluding hydrogens is 224 g/mol. The monoisotopic (exact) mass is 246 g/mol. The van der Waals surface area contributed by atoms with Gasteiger partial charge < -0.3 is 10.6 Å². The molecule has 1 aliphatic rings. The maximum absolute atomic E-state index is 11.9. The number of hydrogen-bond donors (Lipinski definition) is 2. The second-order valence-corrected chi connectivity index (χ2v) is 6.24. The first-order chi connectivity index (χ1) is 8.44. The summed E-state index contributed by atoms with van der Waals surface area (Å²) in [5.41, 5.74) is 1.97. The van der Waals surface area contributed by atoms with Crippen LogP contribution in [0.15, 0.2) is 24.3 Å². The number of carbonyl (C=O) groups excluding carboxylic acids is 1. The first kappa shape index (κ1) is 12.9. The lowest BCUT2D eigenvalue weighted by atomic mass is 9.97. The molecule has 0 aliphatic heterocycles. The third kappa shape index (κ3) is 4.06.